The molecule has 1 aromatic rings. The molecule has 0 heterocycles. The van der Waals surface area contributed by atoms with E-state index in [0.29, 0.717) is 19.6 Å². The number of carbonyl (C=O) groups excluding carboxylic acids is 1. The fourth-order valence-electron chi connectivity index (χ4n) is 1.22. The van der Waals surface area contributed by atoms with E-state index in [-0.39, 0.29) is 5.97 Å². The van der Waals surface area contributed by atoms with E-state index in [1.165, 1.54) is 0 Å². The molecule has 0 bridgehead atoms. The number of benzene rings is 1. The lowest BCUT2D eigenvalue weighted by atomic mass is 10.2. The van der Waals surface area contributed by atoms with Crippen molar-refractivity contribution in [1.29, 1.82) is 0 Å². The quantitative estimate of drug-likeness (QED) is 0.572. The van der Waals surface area contributed by atoms with Gasteiger partial charge in [0, 0.05) is 6.42 Å². The van der Waals surface area contributed by atoms with E-state index < -0.39 is 0 Å². The van der Waals surface area contributed by atoms with Crippen LogP contribution in [0.4, 0.5) is 0 Å². The second-order valence-corrected chi connectivity index (χ2v) is 3.39. The van der Waals surface area contributed by atoms with Crippen molar-refractivity contribution < 1.29 is 9.53 Å². The lowest BCUT2D eigenvalue weighted by Gasteiger charge is -2.04. The third-order valence-electron chi connectivity index (χ3n) is 2.08. The molecule has 0 unspecified atom stereocenters. The highest BCUT2D eigenvalue weighted by Crippen LogP contribution is 2.03. The highest BCUT2D eigenvalue weighted by Gasteiger charge is 2.02. The van der Waals surface area contributed by atoms with Gasteiger partial charge in [-0.1, -0.05) is 30.3 Å². The molecule has 0 saturated carbocycles. The Morgan fingerprint density at radius 1 is 1.20 bits per heavy atom. The van der Waals surface area contributed by atoms with Crippen molar-refractivity contribution >= 4 is 5.97 Å². The second kappa shape index (κ2) is 7.01. The summed E-state index contributed by atoms with van der Waals surface area (Å²) in [5.41, 5.74) is 6.35. The summed E-state index contributed by atoms with van der Waals surface area (Å²) < 4.78 is 5.09. The van der Waals surface area contributed by atoms with Gasteiger partial charge in [0.25, 0.3) is 0 Å². The Hall–Kier alpha value is -1.35. The minimum Gasteiger partial charge on any atom is -0.461 e. The topological polar surface area (TPSA) is 52.3 Å². The predicted molar refractivity (Wildman–Crippen MR) is 59.1 cm³/mol. The normalized spacial score (nSPS) is 9.93. The Balaban J connectivity index is 2.17. The summed E-state index contributed by atoms with van der Waals surface area (Å²) in [5.74, 6) is -0.146. The molecule has 0 aliphatic rings. The van der Waals surface area contributed by atoms with Gasteiger partial charge in [-0.25, -0.2) is 0 Å². The standard InChI is InChI=1S/C12H17NO2/c13-9-5-4-8-12(14)15-10-11-6-2-1-3-7-11/h1-3,6-7H,4-5,8-10,13H2. The van der Waals surface area contributed by atoms with E-state index >= 15 is 0 Å². The molecule has 15 heavy (non-hydrogen) atoms. The van der Waals surface area contributed by atoms with Gasteiger partial charge in [-0.15, -0.1) is 0 Å². The maximum atomic E-state index is 11.2. The van der Waals surface area contributed by atoms with Gasteiger partial charge in [-0.05, 0) is 24.9 Å². The number of hydrogen-bond donors (Lipinski definition) is 1. The number of ether oxygens (including phenoxy) is 1. The van der Waals surface area contributed by atoms with Gasteiger partial charge >= 0.3 is 5.97 Å². The molecule has 0 aliphatic carbocycles. The highest BCUT2D eigenvalue weighted by atomic mass is 16.5. The van der Waals surface area contributed by atoms with Crippen molar-refractivity contribution in [2.45, 2.75) is 25.9 Å². The van der Waals surface area contributed by atoms with Crippen LogP contribution in [0.15, 0.2) is 30.3 Å². The largest absolute Gasteiger partial charge is 0.461 e. The van der Waals surface area contributed by atoms with Gasteiger partial charge < -0.3 is 10.5 Å². The van der Waals surface area contributed by atoms with Crippen molar-refractivity contribution in [1.82, 2.24) is 0 Å². The summed E-state index contributed by atoms with van der Waals surface area (Å²) >= 11 is 0. The Kier molecular flexibility index (Phi) is 5.48. The van der Waals surface area contributed by atoms with Gasteiger partial charge in [0.15, 0.2) is 0 Å². The van der Waals surface area contributed by atoms with Crippen molar-refractivity contribution in [3.05, 3.63) is 35.9 Å². The summed E-state index contributed by atoms with van der Waals surface area (Å²) in [6, 6.07) is 9.67. The summed E-state index contributed by atoms with van der Waals surface area (Å²) in [6.07, 6.45) is 2.15. The maximum Gasteiger partial charge on any atom is 0.306 e. The number of hydrogen-bond acceptors (Lipinski definition) is 3. The monoisotopic (exact) mass is 207 g/mol. The molecule has 0 amide bonds. The van der Waals surface area contributed by atoms with Gasteiger partial charge in [-0.2, -0.15) is 0 Å². The molecule has 0 fully saturated rings. The zero-order chi connectivity index (χ0) is 10.9. The minimum absolute atomic E-state index is 0.146. The van der Waals surface area contributed by atoms with E-state index in [2.05, 4.69) is 0 Å². The molecular weight excluding hydrogens is 190 g/mol. The fourth-order valence-corrected chi connectivity index (χ4v) is 1.22. The van der Waals surface area contributed by atoms with Crippen LogP contribution in [0.5, 0.6) is 0 Å². The van der Waals surface area contributed by atoms with E-state index in [4.69, 9.17) is 10.5 Å². The third kappa shape index (κ3) is 5.18. The highest BCUT2D eigenvalue weighted by molar-refractivity contribution is 5.69. The third-order valence-corrected chi connectivity index (χ3v) is 2.08. The van der Waals surface area contributed by atoms with Crippen molar-refractivity contribution in [3.63, 3.8) is 0 Å². The van der Waals surface area contributed by atoms with Crippen LogP contribution in [0.1, 0.15) is 24.8 Å². The molecule has 1 rings (SSSR count). The Labute approximate surface area is 90.2 Å². The lowest BCUT2D eigenvalue weighted by molar-refractivity contribution is -0.145. The molecule has 3 heteroatoms. The molecule has 1 aromatic carbocycles. The molecule has 0 aliphatic heterocycles. The van der Waals surface area contributed by atoms with Crippen molar-refractivity contribution in [2.24, 2.45) is 5.73 Å². The summed E-state index contributed by atoms with van der Waals surface area (Å²) in [5, 5.41) is 0. The Morgan fingerprint density at radius 2 is 1.93 bits per heavy atom. The average Bonchev–Trinajstić information content (AvgIpc) is 2.28. The number of nitrogens with two attached hydrogens (primary N) is 1. The van der Waals surface area contributed by atoms with Crippen molar-refractivity contribution in [2.75, 3.05) is 6.54 Å². The molecule has 0 aromatic heterocycles. The van der Waals surface area contributed by atoms with Gasteiger partial charge in [0.2, 0.25) is 0 Å². The number of rotatable bonds is 6. The van der Waals surface area contributed by atoms with Crippen LogP contribution < -0.4 is 5.73 Å². The Morgan fingerprint density at radius 3 is 2.60 bits per heavy atom. The van der Waals surface area contributed by atoms with Gasteiger partial charge in [0.1, 0.15) is 6.61 Å². The van der Waals surface area contributed by atoms with Gasteiger partial charge in [0.05, 0.1) is 0 Å². The van der Waals surface area contributed by atoms with E-state index in [1.807, 2.05) is 30.3 Å². The first-order valence-corrected chi connectivity index (χ1v) is 5.22. The second-order valence-electron chi connectivity index (χ2n) is 3.39. The van der Waals surface area contributed by atoms with Crippen LogP contribution in [0.3, 0.4) is 0 Å². The first-order valence-electron chi connectivity index (χ1n) is 5.22. The Bertz CT molecular complexity index is 285. The molecule has 0 atom stereocenters. The zero-order valence-corrected chi connectivity index (χ0v) is 8.82. The first-order chi connectivity index (χ1) is 7.33. The van der Waals surface area contributed by atoms with Gasteiger partial charge in [-0.3, -0.25) is 4.79 Å². The van der Waals surface area contributed by atoms with E-state index in [9.17, 15) is 4.79 Å². The maximum absolute atomic E-state index is 11.2. The fraction of sp³-hybridized carbons (Fsp3) is 0.417. The van der Waals surface area contributed by atoms with Crippen LogP contribution in [-0.4, -0.2) is 12.5 Å². The summed E-state index contributed by atoms with van der Waals surface area (Å²) in [6.45, 7) is 0.994. The average molecular weight is 207 g/mol. The summed E-state index contributed by atoms with van der Waals surface area (Å²) in [7, 11) is 0. The van der Waals surface area contributed by atoms with Crippen LogP contribution in [0.25, 0.3) is 0 Å². The molecule has 0 radical (unpaired) electrons. The molecule has 2 N–H and O–H groups in total. The molecule has 0 spiro atoms. The first kappa shape index (κ1) is 11.7. The smallest absolute Gasteiger partial charge is 0.306 e. The van der Waals surface area contributed by atoms with Crippen LogP contribution in [0, 0.1) is 0 Å². The zero-order valence-electron chi connectivity index (χ0n) is 8.82. The van der Waals surface area contributed by atoms with Crippen molar-refractivity contribution in [3.8, 4) is 0 Å². The minimum atomic E-state index is -0.146. The lowest BCUT2D eigenvalue weighted by Crippen LogP contribution is -2.06. The number of esters is 1. The van der Waals surface area contributed by atoms with Crippen LogP contribution in [0.2, 0.25) is 0 Å². The molecular formula is C12H17NO2. The van der Waals surface area contributed by atoms with E-state index in [1.54, 1.807) is 0 Å². The SMILES string of the molecule is NCCCCC(=O)OCc1ccccc1. The molecule has 0 saturated heterocycles. The predicted octanol–water partition coefficient (Wildman–Crippen LogP) is 1.86. The number of carbonyl (C=O) groups is 1. The molecule has 3 nitrogen and oxygen atoms in total. The summed E-state index contributed by atoms with van der Waals surface area (Å²) in [4.78, 5) is 11.2. The molecule has 82 valence electrons. The number of unbranched alkanes of at least 4 members (excludes halogenated alkanes) is 1. The van der Waals surface area contributed by atoms with Crippen LogP contribution in [-0.2, 0) is 16.1 Å². The van der Waals surface area contributed by atoms with E-state index in [0.717, 1.165) is 18.4 Å². The van der Waals surface area contributed by atoms with Crippen LogP contribution >= 0.6 is 0 Å².